The topological polar surface area (TPSA) is 225 Å². The Morgan fingerprint density at radius 2 is 1.28 bits per heavy atom. The molecule has 0 fully saturated rings. The summed E-state index contributed by atoms with van der Waals surface area (Å²) in [6, 6.07) is 12.7. The van der Waals surface area contributed by atoms with E-state index >= 15 is 0 Å². The van der Waals surface area contributed by atoms with E-state index in [1.165, 1.54) is 17.4 Å². The van der Waals surface area contributed by atoms with Crippen LogP contribution in [-0.2, 0) is 4.57 Å². The van der Waals surface area contributed by atoms with Crippen LogP contribution in [0.3, 0.4) is 0 Å². The number of phosphoric ester groups is 1. The van der Waals surface area contributed by atoms with E-state index in [2.05, 4.69) is 14.5 Å². The average Bonchev–Trinajstić information content (AvgIpc) is 3.50. The third-order valence-corrected chi connectivity index (χ3v) is 7.16. The summed E-state index contributed by atoms with van der Waals surface area (Å²) in [6.45, 7) is 2.44. The van der Waals surface area contributed by atoms with Gasteiger partial charge in [0.15, 0.2) is 0 Å². The molecule has 0 aliphatic heterocycles. The van der Waals surface area contributed by atoms with Crippen LogP contribution >= 0.6 is 30.5 Å². The molecule has 2 heterocycles. The van der Waals surface area contributed by atoms with Crippen molar-refractivity contribution in [2.75, 3.05) is 26.4 Å². The first-order valence-corrected chi connectivity index (χ1v) is 14.6. The van der Waals surface area contributed by atoms with Gasteiger partial charge in [0, 0.05) is 6.07 Å². The van der Waals surface area contributed by atoms with Crippen LogP contribution < -0.4 is 16.0 Å². The van der Waals surface area contributed by atoms with Crippen molar-refractivity contribution in [1.82, 2.24) is 9.97 Å². The molecule has 0 atom stereocenters. The van der Waals surface area contributed by atoms with Crippen LogP contribution in [-0.4, -0.2) is 77.7 Å². The maximum atomic E-state index is 10.9. The Balaban J connectivity index is 0.000000317. The first kappa shape index (κ1) is 32.9. The summed E-state index contributed by atoms with van der Waals surface area (Å²) in [5.74, 6) is 0.117. The maximum Gasteiger partial charge on any atom is 0.524 e. The molecule has 12 nitrogen and oxygen atoms in total. The van der Waals surface area contributed by atoms with Crippen LogP contribution in [0.4, 0.5) is 0 Å². The van der Waals surface area contributed by atoms with Gasteiger partial charge in [-0.05, 0) is 50.3 Å². The second-order valence-electron chi connectivity index (χ2n) is 9.06. The number of aliphatic hydroxyl groups is 4. The van der Waals surface area contributed by atoms with Crippen LogP contribution in [0, 0.1) is 0 Å². The fourth-order valence-corrected chi connectivity index (χ4v) is 4.55. The molecule has 0 aliphatic rings. The van der Waals surface area contributed by atoms with Gasteiger partial charge in [-0.2, -0.15) is 0 Å². The second kappa shape index (κ2) is 14.3. The highest BCUT2D eigenvalue weighted by molar-refractivity contribution is 7.46. The Hall–Kier alpha value is -2.33. The minimum absolute atomic E-state index is 0.117. The first-order valence-electron chi connectivity index (χ1n) is 11.4. The average molecular weight is 601 g/mol. The Labute approximate surface area is 233 Å². The van der Waals surface area contributed by atoms with Gasteiger partial charge in [0.25, 0.3) is 0 Å². The van der Waals surface area contributed by atoms with Gasteiger partial charge in [0.2, 0.25) is 0 Å². The van der Waals surface area contributed by atoms with Crippen LogP contribution in [0.5, 0.6) is 5.75 Å². The fraction of sp³-hybridized carbons (Fsp3) is 0.333. The molecule has 0 amide bonds. The first-order chi connectivity index (χ1) is 18.2. The Bertz CT molecular complexity index is 1360. The Kier molecular flexibility index (Phi) is 12.1. The SMILES string of the molecule is CC(N)(CO)CO.CC(N)(CO)CO.O=P(O)(O)Oc1ccc2nc(C=Cc3nc4ccccc4s3)sc2c1. The molecule has 0 saturated carbocycles. The van der Waals surface area contributed by atoms with Gasteiger partial charge in [0.1, 0.15) is 15.8 Å². The number of fused-ring (bicyclic) bond motifs is 2. The van der Waals surface area contributed by atoms with Crippen molar-refractivity contribution in [1.29, 1.82) is 0 Å². The zero-order chi connectivity index (χ0) is 29.3. The molecule has 2 aromatic heterocycles. The van der Waals surface area contributed by atoms with Gasteiger partial charge in [-0.15, -0.1) is 22.7 Å². The van der Waals surface area contributed by atoms with E-state index in [-0.39, 0.29) is 32.2 Å². The fourth-order valence-electron chi connectivity index (χ4n) is 2.39. The largest absolute Gasteiger partial charge is 0.524 e. The lowest BCUT2D eigenvalue weighted by molar-refractivity contribution is 0.134. The van der Waals surface area contributed by atoms with Crippen molar-refractivity contribution in [3.8, 4) is 5.75 Å². The number of phosphoric acid groups is 1. The van der Waals surface area contributed by atoms with Crippen molar-refractivity contribution >= 4 is 63.1 Å². The number of aliphatic hydroxyl groups excluding tert-OH is 4. The molecule has 0 unspecified atom stereocenters. The predicted octanol–water partition coefficient (Wildman–Crippen LogP) is 1.92. The molecular formula is C24H33N4O8PS2. The van der Waals surface area contributed by atoms with Crippen molar-refractivity contribution in [2.45, 2.75) is 24.9 Å². The number of rotatable bonds is 8. The van der Waals surface area contributed by atoms with E-state index in [4.69, 9.17) is 41.7 Å². The molecule has 0 aliphatic carbocycles. The number of thiazole rings is 2. The molecule has 39 heavy (non-hydrogen) atoms. The van der Waals surface area contributed by atoms with Crippen LogP contribution in [0.25, 0.3) is 32.6 Å². The summed E-state index contributed by atoms with van der Waals surface area (Å²) < 4.78 is 17.4. The van der Waals surface area contributed by atoms with Crippen molar-refractivity contribution in [3.05, 3.63) is 52.5 Å². The smallest absolute Gasteiger partial charge is 0.404 e. The van der Waals surface area contributed by atoms with Crippen molar-refractivity contribution in [2.24, 2.45) is 11.5 Å². The van der Waals surface area contributed by atoms with Gasteiger partial charge >= 0.3 is 7.82 Å². The number of benzene rings is 2. The van der Waals surface area contributed by atoms with E-state index in [0.29, 0.717) is 0 Å². The number of nitrogens with zero attached hydrogens (tertiary/aromatic N) is 2. The third kappa shape index (κ3) is 11.4. The molecule has 2 aromatic carbocycles. The third-order valence-electron chi connectivity index (χ3n) is 4.72. The molecule has 0 spiro atoms. The number of para-hydroxylation sites is 1. The minimum atomic E-state index is -4.56. The van der Waals surface area contributed by atoms with Gasteiger partial charge in [0.05, 0.1) is 57.9 Å². The molecular weight excluding hydrogens is 567 g/mol. The lowest BCUT2D eigenvalue weighted by Crippen LogP contribution is -2.43. The molecule has 15 heteroatoms. The standard InChI is InChI=1S/C16H11N2O4PS2.2C4H11NO2/c19-23(20,21)22-10-5-6-12-14(9-10)25-16(18-12)8-7-15-17-11-3-1-2-4-13(11)24-15;2*1-4(5,2-6)3-7/h1-9H,(H2,19,20,21);2*6-7H,2-3,5H2,1H3. The summed E-state index contributed by atoms with van der Waals surface area (Å²) >= 11 is 3.01. The van der Waals surface area contributed by atoms with E-state index in [1.807, 2.05) is 36.4 Å². The second-order valence-corrected chi connectivity index (χ2v) is 12.3. The lowest BCUT2D eigenvalue weighted by atomic mass is 10.1. The summed E-state index contributed by atoms with van der Waals surface area (Å²) in [6.07, 6.45) is 3.79. The zero-order valence-electron chi connectivity index (χ0n) is 21.3. The van der Waals surface area contributed by atoms with Gasteiger partial charge in [-0.25, -0.2) is 14.5 Å². The molecule has 214 valence electrons. The highest BCUT2D eigenvalue weighted by Crippen LogP contribution is 2.39. The highest BCUT2D eigenvalue weighted by atomic mass is 32.1. The van der Waals surface area contributed by atoms with Crippen LogP contribution in [0.1, 0.15) is 23.9 Å². The molecule has 4 rings (SSSR count). The van der Waals surface area contributed by atoms with Gasteiger partial charge in [-0.1, -0.05) is 12.1 Å². The van der Waals surface area contributed by atoms with Crippen molar-refractivity contribution < 1.29 is 39.3 Å². The Morgan fingerprint density at radius 3 is 1.72 bits per heavy atom. The molecule has 0 bridgehead atoms. The summed E-state index contributed by atoms with van der Waals surface area (Å²) in [5.41, 5.74) is 10.5. The number of hydrogen-bond donors (Lipinski definition) is 8. The number of aromatic nitrogens is 2. The zero-order valence-corrected chi connectivity index (χ0v) is 23.9. The van der Waals surface area contributed by atoms with E-state index in [9.17, 15) is 4.57 Å². The monoisotopic (exact) mass is 600 g/mol. The quantitative estimate of drug-likeness (QED) is 0.136. The van der Waals surface area contributed by atoms with E-state index in [1.54, 1.807) is 37.3 Å². The molecule has 10 N–H and O–H groups in total. The van der Waals surface area contributed by atoms with Crippen LogP contribution in [0.2, 0.25) is 0 Å². The summed E-state index contributed by atoms with van der Waals surface area (Å²) in [5, 5.41) is 34.9. The van der Waals surface area contributed by atoms with Crippen molar-refractivity contribution in [3.63, 3.8) is 0 Å². The van der Waals surface area contributed by atoms with Gasteiger partial charge < -0.3 is 36.4 Å². The van der Waals surface area contributed by atoms with Gasteiger partial charge in [-0.3, -0.25) is 9.79 Å². The number of nitrogens with two attached hydrogens (primary N) is 2. The van der Waals surface area contributed by atoms with E-state index in [0.717, 1.165) is 30.4 Å². The molecule has 4 aromatic rings. The maximum absolute atomic E-state index is 10.9. The summed E-state index contributed by atoms with van der Waals surface area (Å²) in [4.78, 5) is 26.8. The lowest BCUT2D eigenvalue weighted by Gasteiger charge is -2.16. The Morgan fingerprint density at radius 1 is 0.821 bits per heavy atom. The molecule has 0 radical (unpaired) electrons. The molecule has 0 saturated heterocycles. The minimum Gasteiger partial charge on any atom is -0.404 e. The van der Waals surface area contributed by atoms with E-state index < -0.39 is 18.9 Å². The van der Waals surface area contributed by atoms with Crippen LogP contribution in [0.15, 0.2) is 42.5 Å². The normalized spacial score (nSPS) is 12.3. The predicted molar refractivity (Wildman–Crippen MR) is 154 cm³/mol. The highest BCUT2D eigenvalue weighted by Gasteiger charge is 2.17. The number of hydrogen-bond acceptors (Lipinski definition) is 12. The summed E-state index contributed by atoms with van der Waals surface area (Å²) in [7, 11) is -4.56.